The van der Waals surface area contributed by atoms with Gasteiger partial charge in [0, 0.05) is 12.6 Å². The van der Waals surface area contributed by atoms with Gasteiger partial charge in [-0.25, -0.2) is 4.79 Å². The number of ether oxygens (including phenoxy) is 2. The van der Waals surface area contributed by atoms with E-state index in [0.29, 0.717) is 16.5 Å². The molecule has 1 amide bonds. The number of piperidine rings is 1. The molecule has 6 heteroatoms. The summed E-state index contributed by atoms with van der Waals surface area (Å²) in [6.07, 6.45) is 1.72. The van der Waals surface area contributed by atoms with Crippen molar-refractivity contribution in [1.29, 1.82) is 0 Å². The van der Waals surface area contributed by atoms with Gasteiger partial charge in [0.25, 0.3) is 0 Å². The monoisotopic (exact) mass is 326 g/mol. The fourth-order valence-corrected chi connectivity index (χ4v) is 2.36. The van der Waals surface area contributed by atoms with Crippen LogP contribution in [0.2, 0.25) is 5.02 Å². The van der Waals surface area contributed by atoms with Gasteiger partial charge in [-0.3, -0.25) is 5.32 Å². The minimum absolute atomic E-state index is 0.143. The molecule has 1 atom stereocenters. The molecule has 0 saturated carbocycles. The first-order chi connectivity index (χ1) is 10.3. The van der Waals surface area contributed by atoms with E-state index in [0.717, 1.165) is 25.9 Å². The third kappa shape index (κ3) is 5.39. The molecular weight excluding hydrogens is 304 g/mol. The van der Waals surface area contributed by atoms with Crippen LogP contribution >= 0.6 is 11.6 Å². The van der Waals surface area contributed by atoms with Crippen LogP contribution in [0.15, 0.2) is 18.2 Å². The third-order valence-electron chi connectivity index (χ3n) is 3.13. The topological polar surface area (TPSA) is 59.6 Å². The number of rotatable bonds is 3. The fraction of sp³-hybridized carbons (Fsp3) is 0.562. The molecule has 0 bridgehead atoms. The van der Waals surface area contributed by atoms with Crippen molar-refractivity contribution in [1.82, 2.24) is 5.32 Å². The Hall–Kier alpha value is -1.46. The summed E-state index contributed by atoms with van der Waals surface area (Å²) in [6, 6.07) is 5.23. The SMILES string of the molecule is CC(C)(C)OC(=O)Nc1cc(OC2CCCNC2)ccc1Cl. The average Bonchev–Trinajstić information content (AvgIpc) is 2.41. The van der Waals surface area contributed by atoms with Crippen LogP contribution in [0, 0.1) is 0 Å². The number of carbonyl (C=O) groups is 1. The predicted octanol–water partition coefficient (Wildman–Crippen LogP) is 3.82. The first-order valence-corrected chi connectivity index (χ1v) is 7.88. The number of benzene rings is 1. The van der Waals surface area contributed by atoms with E-state index in [1.54, 1.807) is 18.2 Å². The highest BCUT2D eigenvalue weighted by molar-refractivity contribution is 6.33. The molecule has 0 aromatic heterocycles. The van der Waals surface area contributed by atoms with Gasteiger partial charge >= 0.3 is 6.09 Å². The number of amides is 1. The highest BCUT2D eigenvalue weighted by Crippen LogP contribution is 2.28. The lowest BCUT2D eigenvalue weighted by Crippen LogP contribution is -2.37. The summed E-state index contributed by atoms with van der Waals surface area (Å²) in [7, 11) is 0. The summed E-state index contributed by atoms with van der Waals surface area (Å²) >= 11 is 6.12. The molecule has 1 aromatic carbocycles. The van der Waals surface area contributed by atoms with Gasteiger partial charge in [-0.15, -0.1) is 0 Å². The maximum atomic E-state index is 11.8. The molecular formula is C16H23ClN2O3. The largest absolute Gasteiger partial charge is 0.489 e. The summed E-state index contributed by atoms with van der Waals surface area (Å²) in [5.74, 6) is 0.684. The summed E-state index contributed by atoms with van der Waals surface area (Å²) in [4.78, 5) is 11.8. The number of hydrogen-bond acceptors (Lipinski definition) is 4. The van der Waals surface area contributed by atoms with Crippen LogP contribution < -0.4 is 15.4 Å². The molecule has 1 saturated heterocycles. The van der Waals surface area contributed by atoms with Gasteiger partial charge in [0.15, 0.2) is 0 Å². The highest BCUT2D eigenvalue weighted by Gasteiger charge is 2.18. The standard InChI is InChI=1S/C16H23ClN2O3/c1-16(2,3)22-15(20)19-14-9-11(6-7-13(14)17)21-12-5-4-8-18-10-12/h6-7,9,12,18H,4-5,8,10H2,1-3H3,(H,19,20). The van der Waals surface area contributed by atoms with Gasteiger partial charge < -0.3 is 14.8 Å². The Morgan fingerprint density at radius 1 is 1.41 bits per heavy atom. The normalized spacial score (nSPS) is 18.6. The van der Waals surface area contributed by atoms with Gasteiger partial charge in [0.05, 0.1) is 10.7 Å². The number of anilines is 1. The van der Waals surface area contributed by atoms with Gasteiger partial charge in [-0.2, -0.15) is 0 Å². The van der Waals surface area contributed by atoms with Crippen molar-refractivity contribution in [3.63, 3.8) is 0 Å². The molecule has 1 aromatic rings. The van der Waals surface area contributed by atoms with Crippen molar-refractivity contribution in [3.8, 4) is 5.75 Å². The van der Waals surface area contributed by atoms with Crippen LogP contribution in [0.1, 0.15) is 33.6 Å². The first kappa shape index (κ1) is 16.9. The lowest BCUT2D eigenvalue weighted by Gasteiger charge is -2.24. The Labute approximate surface area is 136 Å². The van der Waals surface area contributed by atoms with Gasteiger partial charge in [0.1, 0.15) is 17.5 Å². The van der Waals surface area contributed by atoms with Crippen LogP contribution in [-0.2, 0) is 4.74 Å². The lowest BCUT2D eigenvalue weighted by atomic mass is 10.1. The zero-order chi connectivity index (χ0) is 16.2. The van der Waals surface area contributed by atoms with E-state index in [1.165, 1.54) is 0 Å². The minimum atomic E-state index is -0.557. The van der Waals surface area contributed by atoms with Crippen molar-refractivity contribution in [3.05, 3.63) is 23.2 Å². The molecule has 1 aliphatic rings. The van der Waals surface area contributed by atoms with Crippen molar-refractivity contribution in [2.45, 2.75) is 45.3 Å². The molecule has 1 heterocycles. The quantitative estimate of drug-likeness (QED) is 0.886. The van der Waals surface area contributed by atoms with Crippen molar-refractivity contribution < 1.29 is 14.3 Å². The smallest absolute Gasteiger partial charge is 0.412 e. The molecule has 0 spiro atoms. The average molecular weight is 327 g/mol. The van der Waals surface area contributed by atoms with Gasteiger partial charge in [0.2, 0.25) is 0 Å². The number of nitrogens with one attached hydrogen (secondary N) is 2. The van der Waals surface area contributed by atoms with Crippen LogP contribution in [0.25, 0.3) is 0 Å². The molecule has 1 unspecified atom stereocenters. The predicted molar refractivity (Wildman–Crippen MR) is 87.8 cm³/mol. The van der Waals surface area contributed by atoms with Crippen molar-refractivity contribution in [2.24, 2.45) is 0 Å². The molecule has 122 valence electrons. The summed E-state index contributed by atoms with van der Waals surface area (Å²) in [5, 5.41) is 6.40. The summed E-state index contributed by atoms with van der Waals surface area (Å²) in [6.45, 7) is 7.29. The van der Waals surface area contributed by atoms with Crippen LogP contribution in [0.4, 0.5) is 10.5 Å². The zero-order valence-corrected chi connectivity index (χ0v) is 14.0. The van der Waals surface area contributed by atoms with Crippen LogP contribution in [-0.4, -0.2) is 30.9 Å². The fourth-order valence-electron chi connectivity index (χ4n) is 2.20. The Kier molecular flexibility index (Phi) is 5.53. The number of hydrogen-bond donors (Lipinski definition) is 2. The molecule has 1 fully saturated rings. The van der Waals surface area contributed by atoms with E-state index in [2.05, 4.69) is 10.6 Å². The Morgan fingerprint density at radius 2 is 2.18 bits per heavy atom. The second kappa shape index (κ2) is 7.20. The number of halogens is 1. The Balaban J connectivity index is 2.01. The van der Waals surface area contributed by atoms with Crippen molar-refractivity contribution >= 4 is 23.4 Å². The van der Waals surface area contributed by atoms with E-state index < -0.39 is 11.7 Å². The van der Waals surface area contributed by atoms with Gasteiger partial charge in [-0.05, 0) is 52.3 Å². The molecule has 0 radical (unpaired) electrons. The van der Waals surface area contributed by atoms with E-state index in [9.17, 15) is 4.79 Å². The minimum Gasteiger partial charge on any atom is -0.489 e. The second-order valence-corrected chi connectivity index (χ2v) is 6.76. The maximum Gasteiger partial charge on any atom is 0.412 e. The van der Waals surface area contributed by atoms with Crippen molar-refractivity contribution in [2.75, 3.05) is 18.4 Å². The second-order valence-electron chi connectivity index (χ2n) is 6.35. The highest BCUT2D eigenvalue weighted by atomic mass is 35.5. The molecule has 22 heavy (non-hydrogen) atoms. The Morgan fingerprint density at radius 3 is 2.82 bits per heavy atom. The summed E-state index contributed by atoms with van der Waals surface area (Å²) in [5.41, 5.74) is -0.0736. The third-order valence-corrected chi connectivity index (χ3v) is 3.46. The zero-order valence-electron chi connectivity index (χ0n) is 13.2. The molecule has 2 N–H and O–H groups in total. The Bertz CT molecular complexity index is 523. The van der Waals surface area contributed by atoms with Crippen LogP contribution in [0.5, 0.6) is 5.75 Å². The van der Waals surface area contributed by atoms with E-state index in [4.69, 9.17) is 21.1 Å². The van der Waals surface area contributed by atoms with Gasteiger partial charge in [-0.1, -0.05) is 11.6 Å². The van der Waals surface area contributed by atoms with E-state index >= 15 is 0 Å². The van der Waals surface area contributed by atoms with Crippen LogP contribution in [0.3, 0.4) is 0 Å². The number of carbonyl (C=O) groups excluding carboxylic acids is 1. The molecule has 2 rings (SSSR count). The molecule has 1 aliphatic heterocycles. The molecule has 0 aliphatic carbocycles. The molecule has 5 nitrogen and oxygen atoms in total. The summed E-state index contributed by atoms with van der Waals surface area (Å²) < 4.78 is 11.1. The first-order valence-electron chi connectivity index (χ1n) is 7.50. The van der Waals surface area contributed by atoms with E-state index in [1.807, 2.05) is 20.8 Å². The lowest BCUT2D eigenvalue weighted by molar-refractivity contribution is 0.0636. The van der Waals surface area contributed by atoms with E-state index in [-0.39, 0.29) is 6.10 Å². The maximum absolute atomic E-state index is 11.8.